The van der Waals surface area contributed by atoms with Crippen molar-refractivity contribution < 1.29 is 9.72 Å². The predicted molar refractivity (Wildman–Crippen MR) is 98.7 cm³/mol. The highest BCUT2D eigenvalue weighted by atomic mass is 16.6. The Morgan fingerprint density at radius 1 is 1.00 bits per heavy atom. The van der Waals surface area contributed by atoms with Gasteiger partial charge < -0.3 is 0 Å². The summed E-state index contributed by atoms with van der Waals surface area (Å²) in [6, 6.07) is 6.95. The molecular formula is C20H27N3O3. The summed E-state index contributed by atoms with van der Waals surface area (Å²) in [4.78, 5) is 28.9. The standard InChI is InChI=1S/C20H27N3O3/c1-3-9-19-11-21-13-20(10-4-2,18(19)24)14-22(12-19)17(21)15-5-7-16(8-6-15)23(25)26/h5-8,17H,3-4,9-14H2,1-2H3. The lowest BCUT2D eigenvalue weighted by Gasteiger charge is -2.66. The number of nitro benzene ring substituents is 1. The smallest absolute Gasteiger partial charge is 0.269 e. The molecule has 5 rings (SSSR count). The van der Waals surface area contributed by atoms with Gasteiger partial charge in [-0.1, -0.05) is 26.7 Å². The van der Waals surface area contributed by atoms with Crippen LogP contribution in [0.4, 0.5) is 5.69 Å². The summed E-state index contributed by atoms with van der Waals surface area (Å²) in [6.45, 7) is 7.62. The van der Waals surface area contributed by atoms with E-state index in [2.05, 4.69) is 23.6 Å². The quantitative estimate of drug-likeness (QED) is 0.577. The summed E-state index contributed by atoms with van der Waals surface area (Å²) in [5.41, 5.74) is 0.776. The maximum absolute atomic E-state index is 13.4. The van der Waals surface area contributed by atoms with Gasteiger partial charge in [0, 0.05) is 38.3 Å². The molecule has 0 N–H and O–H groups in total. The van der Waals surface area contributed by atoms with Gasteiger partial charge in [-0.05, 0) is 30.5 Å². The molecule has 0 spiro atoms. The number of hydrogen-bond donors (Lipinski definition) is 0. The molecule has 1 aromatic carbocycles. The van der Waals surface area contributed by atoms with Crippen LogP contribution in [-0.4, -0.2) is 46.7 Å². The lowest BCUT2D eigenvalue weighted by Crippen LogP contribution is -2.76. The van der Waals surface area contributed by atoms with Crippen molar-refractivity contribution in [2.75, 3.05) is 26.2 Å². The fourth-order valence-corrected chi connectivity index (χ4v) is 5.88. The van der Waals surface area contributed by atoms with Crippen LogP contribution in [0, 0.1) is 20.9 Å². The first-order valence-corrected chi connectivity index (χ1v) is 9.72. The summed E-state index contributed by atoms with van der Waals surface area (Å²) in [5.74, 6) is 0.503. The minimum atomic E-state index is -0.355. The minimum Gasteiger partial charge on any atom is -0.298 e. The average Bonchev–Trinajstić information content (AvgIpc) is 2.59. The fraction of sp³-hybridized carbons (Fsp3) is 0.650. The van der Waals surface area contributed by atoms with Crippen LogP contribution in [-0.2, 0) is 4.79 Å². The maximum Gasteiger partial charge on any atom is 0.269 e. The van der Waals surface area contributed by atoms with Crippen molar-refractivity contribution in [3.8, 4) is 0 Å². The molecule has 0 atom stereocenters. The van der Waals surface area contributed by atoms with Crippen LogP contribution in [0.15, 0.2) is 24.3 Å². The molecule has 1 aromatic rings. The molecule has 0 amide bonds. The van der Waals surface area contributed by atoms with Gasteiger partial charge in [-0.3, -0.25) is 24.7 Å². The van der Waals surface area contributed by atoms with E-state index in [1.807, 2.05) is 12.1 Å². The predicted octanol–water partition coefficient (Wildman–Crippen LogP) is 3.38. The molecule has 4 heterocycles. The normalized spacial score (nSPS) is 37.9. The zero-order valence-electron chi connectivity index (χ0n) is 15.6. The number of rotatable bonds is 6. The number of Topliss-reactive ketones (excluding diaryl/α,β-unsaturated/α-hetero) is 1. The van der Waals surface area contributed by atoms with Gasteiger partial charge in [0.05, 0.1) is 21.9 Å². The molecule has 4 fully saturated rings. The Labute approximate surface area is 154 Å². The molecule has 0 saturated carbocycles. The SMILES string of the molecule is CCCC12CN3CC(CCC)(CN(C1)C3c1ccc([N+](=O)[O-])cc1)C2=O. The van der Waals surface area contributed by atoms with Crippen LogP contribution >= 0.6 is 0 Å². The van der Waals surface area contributed by atoms with Gasteiger partial charge in [0.25, 0.3) is 5.69 Å². The van der Waals surface area contributed by atoms with Gasteiger partial charge >= 0.3 is 0 Å². The first kappa shape index (κ1) is 17.6. The third-order valence-corrected chi connectivity index (χ3v) is 6.54. The van der Waals surface area contributed by atoms with E-state index in [-0.39, 0.29) is 27.6 Å². The van der Waals surface area contributed by atoms with Crippen LogP contribution in [0.5, 0.6) is 0 Å². The van der Waals surface area contributed by atoms with Crippen LogP contribution in [0.25, 0.3) is 0 Å². The van der Waals surface area contributed by atoms with Crippen LogP contribution < -0.4 is 0 Å². The van der Waals surface area contributed by atoms with E-state index < -0.39 is 0 Å². The molecule has 4 aliphatic rings. The Bertz CT molecular complexity index is 686. The number of ketones is 1. The highest BCUT2D eigenvalue weighted by Crippen LogP contribution is 2.55. The lowest BCUT2D eigenvalue weighted by atomic mass is 9.57. The van der Waals surface area contributed by atoms with Crippen molar-refractivity contribution in [1.29, 1.82) is 0 Å². The summed E-state index contributed by atoms with van der Waals surface area (Å²) < 4.78 is 0. The largest absolute Gasteiger partial charge is 0.298 e. The maximum atomic E-state index is 13.4. The Balaban J connectivity index is 1.69. The Kier molecular flexibility index (Phi) is 4.15. The third kappa shape index (κ3) is 2.42. The number of nitro groups is 1. The fourth-order valence-electron chi connectivity index (χ4n) is 5.88. The molecule has 140 valence electrons. The second-order valence-corrected chi connectivity index (χ2v) is 8.42. The van der Waals surface area contributed by atoms with Crippen molar-refractivity contribution >= 4 is 11.5 Å². The number of hydrogen-bond acceptors (Lipinski definition) is 5. The van der Waals surface area contributed by atoms with Gasteiger partial charge in [-0.15, -0.1) is 0 Å². The van der Waals surface area contributed by atoms with Crippen molar-refractivity contribution in [1.82, 2.24) is 9.80 Å². The number of carbonyl (C=O) groups excluding carboxylic acids is 1. The van der Waals surface area contributed by atoms with Crippen molar-refractivity contribution in [2.45, 2.75) is 45.7 Å². The molecule has 0 aromatic heterocycles. The Hall–Kier alpha value is -1.79. The Morgan fingerprint density at radius 2 is 1.46 bits per heavy atom. The summed E-state index contributed by atoms with van der Waals surface area (Å²) in [7, 11) is 0. The number of non-ortho nitro benzene ring substituents is 1. The lowest BCUT2D eigenvalue weighted by molar-refractivity contribution is -0.384. The second-order valence-electron chi connectivity index (χ2n) is 8.42. The van der Waals surface area contributed by atoms with Gasteiger partial charge in [0.1, 0.15) is 5.78 Å². The zero-order chi connectivity index (χ0) is 18.5. The summed E-state index contributed by atoms with van der Waals surface area (Å²) >= 11 is 0. The number of nitrogens with zero attached hydrogens (tertiary/aromatic N) is 3. The molecule has 0 radical (unpaired) electrons. The molecular weight excluding hydrogens is 330 g/mol. The summed E-state index contributed by atoms with van der Waals surface area (Å²) in [5, 5.41) is 10.9. The third-order valence-electron chi connectivity index (χ3n) is 6.54. The van der Waals surface area contributed by atoms with E-state index in [9.17, 15) is 14.9 Å². The number of benzene rings is 1. The van der Waals surface area contributed by atoms with Crippen molar-refractivity contribution in [3.05, 3.63) is 39.9 Å². The molecule has 4 aliphatic heterocycles. The zero-order valence-corrected chi connectivity index (χ0v) is 15.6. The van der Waals surface area contributed by atoms with E-state index >= 15 is 0 Å². The monoisotopic (exact) mass is 357 g/mol. The topological polar surface area (TPSA) is 66.7 Å². The highest BCUT2D eigenvalue weighted by molar-refractivity contribution is 5.93. The molecule has 4 saturated heterocycles. The molecule has 0 unspecified atom stereocenters. The molecule has 0 aliphatic carbocycles. The van der Waals surface area contributed by atoms with Crippen LogP contribution in [0.2, 0.25) is 0 Å². The van der Waals surface area contributed by atoms with Crippen molar-refractivity contribution in [3.63, 3.8) is 0 Å². The van der Waals surface area contributed by atoms with E-state index in [0.29, 0.717) is 5.78 Å². The first-order chi connectivity index (χ1) is 12.4. The van der Waals surface area contributed by atoms with E-state index in [4.69, 9.17) is 0 Å². The van der Waals surface area contributed by atoms with Gasteiger partial charge in [0.2, 0.25) is 0 Å². The summed E-state index contributed by atoms with van der Waals surface area (Å²) in [6.07, 6.45) is 4.10. The first-order valence-electron chi connectivity index (χ1n) is 9.72. The van der Waals surface area contributed by atoms with Crippen LogP contribution in [0.3, 0.4) is 0 Å². The Morgan fingerprint density at radius 3 is 1.85 bits per heavy atom. The van der Waals surface area contributed by atoms with E-state index in [0.717, 1.165) is 57.4 Å². The minimum absolute atomic E-state index is 0.127. The highest BCUT2D eigenvalue weighted by Gasteiger charge is 2.64. The van der Waals surface area contributed by atoms with Crippen molar-refractivity contribution in [2.24, 2.45) is 10.8 Å². The molecule has 26 heavy (non-hydrogen) atoms. The van der Waals surface area contributed by atoms with Gasteiger partial charge in [-0.2, -0.15) is 0 Å². The average molecular weight is 357 g/mol. The molecule has 6 nitrogen and oxygen atoms in total. The van der Waals surface area contributed by atoms with E-state index in [1.165, 1.54) is 0 Å². The van der Waals surface area contributed by atoms with Gasteiger partial charge in [-0.25, -0.2) is 0 Å². The molecule has 6 heteroatoms. The van der Waals surface area contributed by atoms with Crippen LogP contribution in [0.1, 0.15) is 51.3 Å². The number of piperidine rings is 2. The van der Waals surface area contributed by atoms with Gasteiger partial charge in [0.15, 0.2) is 0 Å². The number of carbonyl (C=O) groups is 1. The molecule has 4 bridgehead atoms. The van der Waals surface area contributed by atoms with E-state index in [1.54, 1.807) is 12.1 Å². The second kappa shape index (κ2) is 6.13.